The Kier molecular flexibility index (Phi) is 4.56. The predicted octanol–water partition coefficient (Wildman–Crippen LogP) is 3.67. The van der Waals surface area contributed by atoms with Crippen LogP contribution in [-0.4, -0.2) is 35.0 Å². The van der Waals surface area contributed by atoms with Gasteiger partial charge in [0.15, 0.2) is 0 Å². The van der Waals surface area contributed by atoms with Crippen molar-refractivity contribution in [3.63, 3.8) is 0 Å². The smallest absolute Gasteiger partial charge is 0.308 e. The molecule has 23 heavy (non-hydrogen) atoms. The minimum Gasteiger partial charge on any atom is -0.481 e. The van der Waals surface area contributed by atoms with Gasteiger partial charge in [0.1, 0.15) is 0 Å². The van der Waals surface area contributed by atoms with Gasteiger partial charge in [-0.05, 0) is 49.3 Å². The number of rotatable bonds is 4. The van der Waals surface area contributed by atoms with Crippen LogP contribution in [0.3, 0.4) is 0 Å². The van der Waals surface area contributed by atoms with Gasteiger partial charge in [-0.3, -0.25) is 9.59 Å². The van der Waals surface area contributed by atoms with E-state index in [-0.39, 0.29) is 17.7 Å². The topological polar surface area (TPSA) is 57.6 Å². The molecule has 2 aliphatic rings. The van der Waals surface area contributed by atoms with Gasteiger partial charge in [0, 0.05) is 13.1 Å². The molecule has 0 bridgehead atoms. The summed E-state index contributed by atoms with van der Waals surface area (Å²) in [5, 5.41) is 10.3. The maximum Gasteiger partial charge on any atom is 0.308 e. The molecule has 124 valence electrons. The number of benzene rings is 1. The molecular weight excluding hydrogens is 337 g/mol. The van der Waals surface area contributed by atoms with Gasteiger partial charge in [0.2, 0.25) is 5.91 Å². The number of nitrogens with zero attached hydrogens (tertiary/aromatic N) is 1. The summed E-state index contributed by atoms with van der Waals surface area (Å²) < 4.78 is 0. The Morgan fingerprint density at radius 1 is 1.22 bits per heavy atom. The van der Waals surface area contributed by atoms with Gasteiger partial charge in [-0.15, -0.1) is 0 Å². The SMILES string of the molecule is CC(C(=O)N1C[C@H](C(=O)O)[C@@H](C2CC2)C1)c1ccc(Cl)c(Cl)c1. The van der Waals surface area contributed by atoms with Gasteiger partial charge in [-0.2, -0.15) is 0 Å². The third-order valence-corrected chi connectivity index (χ3v) is 5.77. The Morgan fingerprint density at radius 3 is 2.48 bits per heavy atom. The predicted molar refractivity (Wildman–Crippen MR) is 88.8 cm³/mol. The van der Waals surface area contributed by atoms with E-state index in [9.17, 15) is 14.7 Å². The first-order valence-electron chi connectivity index (χ1n) is 7.85. The van der Waals surface area contributed by atoms with E-state index in [0.29, 0.717) is 29.1 Å². The fraction of sp³-hybridized carbons (Fsp3) is 0.529. The van der Waals surface area contributed by atoms with Crippen LogP contribution in [-0.2, 0) is 9.59 Å². The molecule has 1 saturated carbocycles. The molecule has 0 radical (unpaired) electrons. The van der Waals surface area contributed by atoms with Crippen LogP contribution in [0, 0.1) is 17.8 Å². The van der Waals surface area contributed by atoms with Crippen molar-refractivity contribution in [2.45, 2.75) is 25.7 Å². The molecule has 1 saturated heterocycles. The highest BCUT2D eigenvalue weighted by molar-refractivity contribution is 6.42. The van der Waals surface area contributed by atoms with Crippen LogP contribution in [0.1, 0.15) is 31.2 Å². The maximum atomic E-state index is 12.8. The normalized spacial score (nSPS) is 25.4. The number of aliphatic carboxylic acids is 1. The summed E-state index contributed by atoms with van der Waals surface area (Å²) in [7, 11) is 0. The van der Waals surface area contributed by atoms with Gasteiger partial charge in [-0.25, -0.2) is 0 Å². The highest BCUT2D eigenvalue weighted by Crippen LogP contribution is 2.44. The van der Waals surface area contributed by atoms with E-state index >= 15 is 0 Å². The summed E-state index contributed by atoms with van der Waals surface area (Å²) in [4.78, 5) is 25.9. The Hall–Kier alpha value is -1.26. The number of amides is 1. The summed E-state index contributed by atoms with van der Waals surface area (Å²) >= 11 is 11.9. The second-order valence-corrected chi connectivity index (χ2v) is 7.40. The molecule has 2 fully saturated rings. The van der Waals surface area contributed by atoms with E-state index in [2.05, 4.69) is 0 Å². The number of carboxylic acid groups (broad SMARTS) is 1. The molecule has 1 aliphatic heterocycles. The summed E-state index contributed by atoms with van der Waals surface area (Å²) in [6.45, 7) is 2.68. The Balaban J connectivity index is 1.74. The zero-order valence-corrected chi connectivity index (χ0v) is 14.3. The molecule has 4 nitrogen and oxygen atoms in total. The van der Waals surface area contributed by atoms with Gasteiger partial charge in [-0.1, -0.05) is 29.3 Å². The largest absolute Gasteiger partial charge is 0.481 e. The first-order chi connectivity index (χ1) is 10.9. The zero-order valence-electron chi connectivity index (χ0n) is 12.8. The molecule has 1 N–H and O–H groups in total. The van der Waals surface area contributed by atoms with E-state index in [1.54, 1.807) is 23.1 Å². The molecule has 3 rings (SSSR count). The second-order valence-electron chi connectivity index (χ2n) is 6.58. The Bertz CT molecular complexity index is 645. The Morgan fingerprint density at radius 2 is 1.91 bits per heavy atom. The van der Waals surface area contributed by atoms with Crippen molar-refractivity contribution >= 4 is 35.1 Å². The van der Waals surface area contributed by atoms with Crippen LogP contribution >= 0.6 is 23.2 Å². The fourth-order valence-corrected chi connectivity index (χ4v) is 3.78. The van der Waals surface area contributed by atoms with Gasteiger partial charge >= 0.3 is 5.97 Å². The highest BCUT2D eigenvalue weighted by Gasteiger charge is 2.47. The van der Waals surface area contributed by atoms with Crippen molar-refractivity contribution in [1.29, 1.82) is 0 Å². The molecule has 1 heterocycles. The molecule has 1 aromatic rings. The van der Waals surface area contributed by atoms with Gasteiger partial charge in [0.25, 0.3) is 0 Å². The molecular formula is C17H19Cl2NO3. The number of hydrogen-bond donors (Lipinski definition) is 1. The van der Waals surface area contributed by atoms with Crippen molar-refractivity contribution in [2.75, 3.05) is 13.1 Å². The van der Waals surface area contributed by atoms with Crippen molar-refractivity contribution in [1.82, 2.24) is 4.90 Å². The molecule has 3 atom stereocenters. The Labute approximate surface area is 145 Å². The van der Waals surface area contributed by atoms with Crippen molar-refractivity contribution in [2.24, 2.45) is 17.8 Å². The van der Waals surface area contributed by atoms with Gasteiger partial charge in [0.05, 0.1) is 21.9 Å². The minimum absolute atomic E-state index is 0.0437. The average molecular weight is 356 g/mol. The molecule has 0 spiro atoms. The highest BCUT2D eigenvalue weighted by atomic mass is 35.5. The number of carbonyl (C=O) groups is 2. The first kappa shape index (κ1) is 16.6. The number of carboxylic acids is 1. The summed E-state index contributed by atoms with van der Waals surface area (Å²) in [5.74, 6) is -1.08. The number of hydrogen-bond acceptors (Lipinski definition) is 2. The first-order valence-corrected chi connectivity index (χ1v) is 8.60. The van der Waals surface area contributed by atoms with Crippen LogP contribution in [0.2, 0.25) is 10.0 Å². The minimum atomic E-state index is -0.792. The number of likely N-dealkylation sites (tertiary alicyclic amines) is 1. The van der Waals surface area contributed by atoms with E-state index in [0.717, 1.165) is 18.4 Å². The van der Waals surface area contributed by atoms with Crippen LogP contribution in [0.15, 0.2) is 18.2 Å². The number of carbonyl (C=O) groups excluding carboxylic acids is 1. The lowest BCUT2D eigenvalue weighted by atomic mass is 9.92. The molecule has 1 aromatic carbocycles. The third kappa shape index (κ3) is 3.33. The lowest BCUT2D eigenvalue weighted by molar-refractivity contribution is -0.142. The molecule has 0 aromatic heterocycles. The van der Waals surface area contributed by atoms with E-state index in [4.69, 9.17) is 23.2 Å². The lowest BCUT2D eigenvalue weighted by Crippen LogP contribution is -2.33. The van der Waals surface area contributed by atoms with Gasteiger partial charge < -0.3 is 10.0 Å². The van der Waals surface area contributed by atoms with E-state index in [1.807, 2.05) is 6.92 Å². The van der Waals surface area contributed by atoms with Crippen LogP contribution in [0.5, 0.6) is 0 Å². The summed E-state index contributed by atoms with van der Waals surface area (Å²) in [6.07, 6.45) is 2.16. The molecule has 1 amide bonds. The quantitative estimate of drug-likeness (QED) is 0.896. The standard InChI is InChI=1S/C17H19Cl2NO3/c1-9(11-4-5-14(18)15(19)6-11)16(21)20-7-12(10-2-3-10)13(8-20)17(22)23/h4-6,9-10,12-13H,2-3,7-8H2,1H3,(H,22,23)/t9?,12-,13+/m1/s1. The fourth-order valence-electron chi connectivity index (χ4n) is 3.47. The van der Waals surface area contributed by atoms with Crippen molar-refractivity contribution < 1.29 is 14.7 Å². The monoisotopic (exact) mass is 355 g/mol. The second kappa shape index (κ2) is 6.33. The van der Waals surface area contributed by atoms with Crippen molar-refractivity contribution in [3.05, 3.63) is 33.8 Å². The number of halogens is 2. The summed E-state index contributed by atoms with van der Waals surface area (Å²) in [6, 6.07) is 5.18. The zero-order chi connectivity index (χ0) is 16.7. The third-order valence-electron chi connectivity index (χ3n) is 5.04. The van der Waals surface area contributed by atoms with E-state index < -0.39 is 11.9 Å². The van der Waals surface area contributed by atoms with Crippen LogP contribution < -0.4 is 0 Å². The van der Waals surface area contributed by atoms with Crippen molar-refractivity contribution in [3.8, 4) is 0 Å². The summed E-state index contributed by atoms with van der Waals surface area (Å²) in [5.41, 5.74) is 0.797. The molecule has 1 unspecified atom stereocenters. The van der Waals surface area contributed by atoms with Crippen LogP contribution in [0.25, 0.3) is 0 Å². The lowest BCUT2D eigenvalue weighted by Gasteiger charge is -2.21. The van der Waals surface area contributed by atoms with E-state index in [1.165, 1.54) is 0 Å². The van der Waals surface area contributed by atoms with Crippen LogP contribution in [0.4, 0.5) is 0 Å². The maximum absolute atomic E-state index is 12.8. The molecule has 1 aliphatic carbocycles. The average Bonchev–Trinajstić information content (AvgIpc) is 3.26. The molecule has 6 heteroatoms.